The van der Waals surface area contributed by atoms with Crippen molar-refractivity contribution in [1.82, 2.24) is 4.98 Å². The van der Waals surface area contributed by atoms with E-state index in [1.54, 1.807) is 0 Å². The van der Waals surface area contributed by atoms with Crippen LogP contribution in [0.15, 0.2) is 36.5 Å². The van der Waals surface area contributed by atoms with Gasteiger partial charge in [-0.25, -0.2) is 0 Å². The lowest BCUT2D eigenvalue weighted by Crippen LogP contribution is -2.15. The molecule has 2 nitrogen and oxygen atoms in total. The van der Waals surface area contributed by atoms with E-state index in [9.17, 15) is 0 Å². The summed E-state index contributed by atoms with van der Waals surface area (Å²) in [5.41, 5.74) is 0.982. The predicted molar refractivity (Wildman–Crippen MR) is 73.8 cm³/mol. The number of rotatable bonds is 3. The summed E-state index contributed by atoms with van der Waals surface area (Å²) in [6.07, 6.45) is 8.59. The molecule has 0 saturated heterocycles. The van der Waals surface area contributed by atoms with Gasteiger partial charge in [-0.15, -0.1) is 0 Å². The monoisotopic (exact) mass is 241 g/mol. The van der Waals surface area contributed by atoms with Crippen molar-refractivity contribution < 1.29 is 4.74 Å². The van der Waals surface area contributed by atoms with E-state index < -0.39 is 0 Å². The van der Waals surface area contributed by atoms with E-state index in [-0.39, 0.29) is 0 Å². The van der Waals surface area contributed by atoms with Crippen molar-refractivity contribution in [2.24, 2.45) is 5.92 Å². The van der Waals surface area contributed by atoms with Gasteiger partial charge in [0.05, 0.1) is 6.61 Å². The topological polar surface area (TPSA) is 22.1 Å². The van der Waals surface area contributed by atoms with Gasteiger partial charge >= 0.3 is 0 Å². The zero-order chi connectivity index (χ0) is 12.2. The Labute approximate surface area is 108 Å². The first kappa shape index (κ1) is 11.5. The van der Waals surface area contributed by atoms with Crippen molar-refractivity contribution in [3.05, 3.63) is 36.5 Å². The summed E-state index contributed by atoms with van der Waals surface area (Å²) in [5, 5.41) is 1.15. The largest absolute Gasteiger partial charge is 0.491 e. The van der Waals surface area contributed by atoms with Gasteiger partial charge in [0, 0.05) is 11.6 Å². The number of nitrogens with zero attached hydrogens (tertiary/aromatic N) is 1. The first-order valence-corrected chi connectivity index (χ1v) is 6.90. The van der Waals surface area contributed by atoms with Crippen LogP contribution in [0.3, 0.4) is 0 Å². The third-order valence-electron chi connectivity index (χ3n) is 3.79. The SMILES string of the molecule is c1cnc2c(OCC3CCCCC3)cccc2c1. The van der Waals surface area contributed by atoms with Crippen molar-refractivity contribution in [3.63, 3.8) is 0 Å². The van der Waals surface area contributed by atoms with Gasteiger partial charge < -0.3 is 4.74 Å². The van der Waals surface area contributed by atoms with Crippen LogP contribution < -0.4 is 4.74 Å². The molecule has 1 saturated carbocycles. The highest BCUT2D eigenvalue weighted by Crippen LogP contribution is 2.27. The number of para-hydroxylation sites is 1. The highest BCUT2D eigenvalue weighted by Gasteiger charge is 2.14. The molecule has 18 heavy (non-hydrogen) atoms. The van der Waals surface area contributed by atoms with Crippen LogP contribution >= 0.6 is 0 Å². The molecule has 0 atom stereocenters. The zero-order valence-electron chi connectivity index (χ0n) is 10.6. The van der Waals surface area contributed by atoms with E-state index in [2.05, 4.69) is 17.1 Å². The fourth-order valence-corrected chi connectivity index (χ4v) is 2.75. The Morgan fingerprint density at radius 2 is 1.89 bits per heavy atom. The molecule has 1 aromatic carbocycles. The molecule has 1 aromatic heterocycles. The van der Waals surface area contributed by atoms with Crippen LogP contribution in [0.2, 0.25) is 0 Å². The second-order valence-corrected chi connectivity index (χ2v) is 5.15. The first-order valence-electron chi connectivity index (χ1n) is 6.90. The highest BCUT2D eigenvalue weighted by molar-refractivity contribution is 5.84. The molecule has 0 bridgehead atoms. The van der Waals surface area contributed by atoms with E-state index in [4.69, 9.17) is 4.74 Å². The van der Waals surface area contributed by atoms with Gasteiger partial charge in [0.1, 0.15) is 11.3 Å². The second kappa shape index (κ2) is 5.38. The maximum absolute atomic E-state index is 6.00. The first-order chi connectivity index (χ1) is 8.93. The molecule has 3 rings (SSSR count). The van der Waals surface area contributed by atoms with Gasteiger partial charge in [0.15, 0.2) is 0 Å². The Morgan fingerprint density at radius 1 is 1.06 bits per heavy atom. The Kier molecular flexibility index (Phi) is 3.44. The number of hydrogen-bond donors (Lipinski definition) is 0. The molecule has 1 aliphatic carbocycles. The van der Waals surface area contributed by atoms with Crippen molar-refractivity contribution in [2.75, 3.05) is 6.61 Å². The molecule has 1 fully saturated rings. The Balaban J connectivity index is 1.74. The summed E-state index contributed by atoms with van der Waals surface area (Å²) in [6, 6.07) is 10.2. The summed E-state index contributed by atoms with van der Waals surface area (Å²) < 4.78 is 6.00. The van der Waals surface area contributed by atoms with Crippen molar-refractivity contribution in [3.8, 4) is 5.75 Å². The van der Waals surface area contributed by atoms with Crippen LogP contribution in [0.5, 0.6) is 5.75 Å². The number of pyridine rings is 1. The normalized spacial score (nSPS) is 16.9. The fraction of sp³-hybridized carbons (Fsp3) is 0.438. The summed E-state index contributed by atoms with van der Waals surface area (Å²) >= 11 is 0. The maximum Gasteiger partial charge on any atom is 0.145 e. The van der Waals surface area contributed by atoms with Crippen molar-refractivity contribution >= 4 is 10.9 Å². The number of benzene rings is 1. The molecular weight excluding hydrogens is 222 g/mol. The third-order valence-corrected chi connectivity index (χ3v) is 3.79. The van der Waals surface area contributed by atoms with E-state index in [1.165, 1.54) is 32.1 Å². The van der Waals surface area contributed by atoms with Gasteiger partial charge in [0.2, 0.25) is 0 Å². The molecule has 0 unspecified atom stereocenters. The van der Waals surface area contributed by atoms with Crippen LogP contribution in [0.25, 0.3) is 10.9 Å². The van der Waals surface area contributed by atoms with Gasteiger partial charge in [-0.3, -0.25) is 4.98 Å². The van der Waals surface area contributed by atoms with Crippen molar-refractivity contribution in [1.29, 1.82) is 0 Å². The predicted octanol–water partition coefficient (Wildman–Crippen LogP) is 4.19. The van der Waals surface area contributed by atoms with Crippen molar-refractivity contribution in [2.45, 2.75) is 32.1 Å². The van der Waals surface area contributed by atoms with Crippen LogP contribution in [-0.2, 0) is 0 Å². The molecule has 0 amide bonds. The highest BCUT2D eigenvalue weighted by atomic mass is 16.5. The minimum absolute atomic E-state index is 0.734. The quantitative estimate of drug-likeness (QED) is 0.803. The maximum atomic E-state index is 6.00. The lowest BCUT2D eigenvalue weighted by atomic mass is 9.90. The molecular formula is C16H19NO. The van der Waals surface area contributed by atoms with Gasteiger partial charge in [-0.1, -0.05) is 37.5 Å². The minimum atomic E-state index is 0.734. The number of hydrogen-bond acceptors (Lipinski definition) is 2. The van der Waals surface area contributed by atoms with Gasteiger partial charge in [-0.2, -0.15) is 0 Å². The molecule has 2 heteroatoms. The molecule has 1 aliphatic rings. The van der Waals surface area contributed by atoms with E-state index >= 15 is 0 Å². The molecule has 0 aliphatic heterocycles. The second-order valence-electron chi connectivity index (χ2n) is 5.15. The summed E-state index contributed by atoms with van der Waals surface area (Å²) in [5.74, 6) is 1.66. The summed E-state index contributed by atoms with van der Waals surface area (Å²) in [4.78, 5) is 4.42. The number of ether oxygens (including phenoxy) is 1. The molecule has 1 heterocycles. The van der Waals surface area contributed by atoms with E-state index in [0.29, 0.717) is 0 Å². The minimum Gasteiger partial charge on any atom is -0.491 e. The van der Waals surface area contributed by atoms with Crippen LogP contribution in [0.4, 0.5) is 0 Å². The lowest BCUT2D eigenvalue weighted by Gasteiger charge is -2.21. The van der Waals surface area contributed by atoms with Crippen LogP contribution in [-0.4, -0.2) is 11.6 Å². The lowest BCUT2D eigenvalue weighted by molar-refractivity contribution is 0.210. The van der Waals surface area contributed by atoms with E-state index in [1.807, 2.05) is 24.4 Å². The fourth-order valence-electron chi connectivity index (χ4n) is 2.75. The molecule has 0 radical (unpaired) electrons. The standard InChI is InChI=1S/C16H19NO/c1-2-6-13(7-3-1)12-18-15-10-4-8-14-9-5-11-17-16(14)15/h4-5,8-11,13H,1-3,6-7,12H2. The Morgan fingerprint density at radius 3 is 2.78 bits per heavy atom. The Hall–Kier alpha value is -1.57. The Bertz CT molecular complexity index is 512. The summed E-state index contributed by atoms with van der Waals surface area (Å²) in [6.45, 7) is 0.843. The van der Waals surface area contributed by atoms with Crippen LogP contribution in [0.1, 0.15) is 32.1 Å². The average molecular weight is 241 g/mol. The van der Waals surface area contributed by atoms with Gasteiger partial charge in [-0.05, 0) is 30.9 Å². The smallest absolute Gasteiger partial charge is 0.145 e. The molecule has 2 aromatic rings. The van der Waals surface area contributed by atoms with E-state index in [0.717, 1.165) is 29.2 Å². The third kappa shape index (κ3) is 2.47. The number of aromatic nitrogens is 1. The molecule has 0 N–H and O–H groups in total. The molecule has 94 valence electrons. The van der Waals surface area contributed by atoms with Gasteiger partial charge in [0.25, 0.3) is 0 Å². The zero-order valence-corrected chi connectivity index (χ0v) is 10.6. The number of fused-ring (bicyclic) bond motifs is 1. The average Bonchev–Trinajstić information content (AvgIpc) is 2.46. The van der Waals surface area contributed by atoms with Crippen LogP contribution in [0, 0.1) is 5.92 Å². The molecule has 0 spiro atoms. The summed E-state index contributed by atoms with van der Waals surface area (Å²) in [7, 11) is 0.